The molecule has 0 radical (unpaired) electrons. The maximum absolute atomic E-state index is 11.1. The van der Waals surface area contributed by atoms with E-state index in [9.17, 15) is 4.79 Å². The van der Waals surface area contributed by atoms with Crippen LogP contribution in [0.25, 0.3) is 11.1 Å². The van der Waals surface area contributed by atoms with Crippen molar-refractivity contribution in [1.29, 1.82) is 0 Å². The molecule has 2 N–H and O–H groups in total. The fraction of sp³-hybridized carbons (Fsp3) is 0.0833. The molecule has 17 heavy (non-hydrogen) atoms. The lowest BCUT2D eigenvalue weighted by atomic mass is 10.0. The van der Waals surface area contributed by atoms with Gasteiger partial charge in [0.2, 0.25) is 0 Å². The van der Waals surface area contributed by atoms with Crippen LogP contribution >= 0.6 is 11.6 Å². The van der Waals surface area contributed by atoms with E-state index in [0.29, 0.717) is 21.9 Å². The monoisotopic (exact) mass is 251 g/mol. The van der Waals surface area contributed by atoms with Crippen LogP contribution in [0.3, 0.4) is 0 Å². The van der Waals surface area contributed by atoms with E-state index in [1.54, 1.807) is 30.5 Å². The third-order valence-electron chi connectivity index (χ3n) is 2.43. The number of hydrogen-bond acceptors (Lipinski definition) is 2. The van der Waals surface area contributed by atoms with Crippen molar-refractivity contribution in [3.8, 4) is 16.9 Å². The Bertz CT molecular complexity index is 563. The minimum Gasteiger partial charge on any atom is -0.496 e. The van der Waals surface area contributed by atoms with Crippen LogP contribution in [0.2, 0.25) is 5.02 Å². The van der Waals surface area contributed by atoms with Crippen molar-refractivity contribution in [1.82, 2.24) is 4.98 Å². The molecule has 0 aliphatic heterocycles. The maximum Gasteiger partial charge on any atom is 0.352 e. The molecule has 0 unspecified atom stereocenters. The summed E-state index contributed by atoms with van der Waals surface area (Å²) in [6.45, 7) is 0. The number of halogens is 1. The molecule has 0 fully saturated rings. The third-order valence-corrected chi connectivity index (χ3v) is 2.74. The van der Waals surface area contributed by atoms with E-state index >= 15 is 0 Å². The highest BCUT2D eigenvalue weighted by Crippen LogP contribution is 2.37. The summed E-state index contributed by atoms with van der Waals surface area (Å²) in [5.41, 5.74) is 1.19. The molecule has 0 saturated carbocycles. The van der Waals surface area contributed by atoms with E-state index in [-0.39, 0.29) is 5.69 Å². The number of carbonyl (C=O) groups is 1. The van der Waals surface area contributed by atoms with Crippen molar-refractivity contribution in [2.75, 3.05) is 7.11 Å². The number of H-pyrrole nitrogens is 1. The zero-order valence-corrected chi connectivity index (χ0v) is 9.78. The van der Waals surface area contributed by atoms with E-state index in [4.69, 9.17) is 21.4 Å². The lowest BCUT2D eigenvalue weighted by Crippen LogP contribution is -1.99. The summed E-state index contributed by atoms with van der Waals surface area (Å²) in [5.74, 6) is -0.494. The van der Waals surface area contributed by atoms with Crippen molar-refractivity contribution in [3.63, 3.8) is 0 Å². The van der Waals surface area contributed by atoms with E-state index in [1.165, 1.54) is 7.11 Å². The van der Waals surface area contributed by atoms with Gasteiger partial charge in [-0.15, -0.1) is 0 Å². The maximum atomic E-state index is 11.1. The third kappa shape index (κ3) is 1.99. The number of rotatable bonds is 3. The van der Waals surface area contributed by atoms with Gasteiger partial charge in [0.1, 0.15) is 11.4 Å². The number of aromatic nitrogens is 1. The van der Waals surface area contributed by atoms with Crippen molar-refractivity contribution in [2.24, 2.45) is 0 Å². The van der Waals surface area contributed by atoms with E-state index < -0.39 is 5.97 Å². The highest BCUT2D eigenvalue weighted by atomic mass is 35.5. The molecular weight excluding hydrogens is 242 g/mol. The van der Waals surface area contributed by atoms with Gasteiger partial charge in [0.15, 0.2) is 0 Å². The molecule has 0 spiro atoms. The molecule has 1 aromatic carbocycles. The van der Waals surface area contributed by atoms with E-state index in [0.717, 1.165) is 0 Å². The normalized spacial score (nSPS) is 10.2. The molecule has 0 amide bonds. The molecule has 4 nitrogen and oxygen atoms in total. The summed E-state index contributed by atoms with van der Waals surface area (Å²) in [7, 11) is 1.52. The Morgan fingerprint density at radius 3 is 2.82 bits per heavy atom. The Balaban J connectivity index is 2.68. The quantitative estimate of drug-likeness (QED) is 0.881. The van der Waals surface area contributed by atoms with Gasteiger partial charge in [-0.1, -0.05) is 17.7 Å². The Morgan fingerprint density at radius 2 is 2.18 bits per heavy atom. The molecule has 2 rings (SSSR count). The Morgan fingerprint density at radius 1 is 1.41 bits per heavy atom. The zero-order valence-electron chi connectivity index (χ0n) is 9.03. The predicted octanol–water partition coefficient (Wildman–Crippen LogP) is 3.04. The average molecular weight is 252 g/mol. The van der Waals surface area contributed by atoms with Gasteiger partial charge in [0.25, 0.3) is 0 Å². The second-order valence-electron chi connectivity index (χ2n) is 3.39. The highest BCUT2D eigenvalue weighted by molar-refractivity contribution is 6.34. The van der Waals surface area contributed by atoms with Gasteiger partial charge in [-0.25, -0.2) is 4.79 Å². The van der Waals surface area contributed by atoms with Crippen molar-refractivity contribution in [3.05, 3.63) is 41.2 Å². The first-order chi connectivity index (χ1) is 8.15. The molecule has 88 valence electrons. The van der Waals surface area contributed by atoms with Crippen LogP contribution in [-0.2, 0) is 0 Å². The summed E-state index contributed by atoms with van der Waals surface area (Å²) < 4.78 is 5.19. The molecule has 1 heterocycles. The number of hydrogen-bond donors (Lipinski definition) is 2. The van der Waals surface area contributed by atoms with Crippen LogP contribution in [0.15, 0.2) is 30.5 Å². The minimum atomic E-state index is -1.04. The number of ether oxygens (including phenoxy) is 1. The Kier molecular flexibility index (Phi) is 3.06. The van der Waals surface area contributed by atoms with Gasteiger partial charge in [-0.2, -0.15) is 0 Å². The minimum absolute atomic E-state index is 0.0939. The molecule has 0 aliphatic rings. The van der Waals surface area contributed by atoms with Crippen molar-refractivity contribution in [2.45, 2.75) is 0 Å². The second-order valence-corrected chi connectivity index (χ2v) is 3.80. The Hall–Kier alpha value is -1.94. The molecule has 0 atom stereocenters. The summed E-state index contributed by atoms with van der Waals surface area (Å²) in [5, 5.41) is 9.51. The van der Waals surface area contributed by atoms with Gasteiger partial charge in [-0.05, 0) is 18.2 Å². The van der Waals surface area contributed by atoms with Gasteiger partial charge in [-0.3, -0.25) is 0 Å². The number of nitrogens with one attached hydrogen (secondary N) is 1. The number of aromatic carboxylic acids is 1. The summed E-state index contributed by atoms with van der Waals surface area (Å²) in [4.78, 5) is 13.7. The topological polar surface area (TPSA) is 62.3 Å². The SMILES string of the molecule is COc1cccc(Cl)c1-c1cc[nH]c1C(=O)O. The van der Waals surface area contributed by atoms with Gasteiger partial charge >= 0.3 is 5.97 Å². The number of carboxylic acid groups (broad SMARTS) is 1. The standard InChI is InChI=1S/C12H10ClNO3/c1-17-9-4-2-3-8(13)10(9)7-5-6-14-11(7)12(15)16/h2-6,14H,1H3,(H,15,16). The van der Waals surface area contributed by atoms with Crippen LogP contribution in [0.1, 0.15) is 10.5 Å². The summed E-state index contributed by atoms with van der Waals surface area (Å²) in [6.07, 6.45) is 1.56. The number of aromatic amines is 1. The number of benzene rings is 1. The first-order valence-electron chi connectivity index (χ1n) is 4.88. The summed E-state index contributed by atoms with van der Waals surface area (Å²) >= 11 is 6.09. The van der Waals surface area contributed by atoms with Gasteiger partial charge in [0, 0.05) is 17.3 Å². The fourth-order valence-corrected chi connectivity index (χ4v) is 1.96. The largest absolute Gasteiger partial charge is 0.496 e. The zero-order chi connectivity index (χ0) is 12.4. The number of methoxy groups -OCH3 is 1. The first kappa shape index (κ1) is 11.5. The smallest absolute Gasteiger partial charge is 0.352 e. The average Bonchev–Trinajstić information content (AvgIpc) is 2.77. The molecule has 5 heteroatoms. The van der Waals surface area contributed by atoms with Crippen LogP contribution in [-0.4, -0.2) is 23.2 Å². The van der Waals surface area contributed by atoms with E-state index in [2.05, 4.69) is 4.98 Å². The number of carboxylic acids is 1. The molecule has 2 aromatic rings. The first-order valence-corrected chi connectivity index (χ1v) is 5.26. The van der Waals surface area contributed by atoms with Crippen LogP contribution in [0.5, 0.6) is 5.75 Å². The predicted molar refractivity (Wildman–Crippen MR) is 64.8 cm³/mol. The fourth-order valence-electron chi connectivity index (χ4n) is 1.69. The summed E-state index contributed by atoms with van der Waals surface area (Å²) in [6, 6.07) is 6.84. The van der Waals surface area contributed by atoms with Gasteiger partial charge in [0.05, 0.1) is 12.1 Å². The molecule has 0 bridgehead atoms. The van der Waals surface area contributed by atoms with Crippen LogP contribution < -0.4 is 4.74 Å². The molecule has 0 aliphatic carbocycles. The lowest BCUT2D eigenvalue weighted by Gasteiger charge is -2.09. The second kappa shape index (κ2) is 4.51. The van der Waals surface area contributed by atoms with Crippen LogP contribution in [0.4, 0.5) is 0 Å². The van der Waals surface area contributed by atoms with Crippen LogP contribution in [0, 0.1) is 0 Å². The van der Waals surface area contributed by atoms with Crippen molar-refractivity contribution >= 4 is 17.6 Å². The molecule has 0 saturated heterocycles. The molecular formula is C12H10ClNO3. The molecule has 1 aromatic heterocycles. The van der Waals surface area contributed by atoms with E-state index in [1.807, 2.05) is 0 Å². The lowest BCUT2D eigenvalue weighted by molar-refractivity contribution is 0.0692. The van der Waals surface area contributed by atoms with Crippen molar-refractivity contribution < 1.29 is 14.6 Å². The Labute approximate surface area is 103 Å². The highest BCUT2D eigenvalue weighted by Gasteiger charge is 2.18. The van der Waals surface area contributed by atoms with Gasteiger partial charge < -0.3 is 14.8 Å².